The number of carbonyl (C=O) groups excluding carboxylic acids is 1. The number of aliphatic hydroxyl groups is 3. The molecule has 1 rings (SSSR count). The molecule has 1 aliphatic rings. The second kappa shape index (κ2) is 4.11. The molecular formula is C8H14FNO5. The van der Waals surface area contributed by atoms with E-state index >= 15 is 0 Å². The minimum Gasteiger partial charge on any atom is -0.394 e. The van der Waals surface area contributed by atoms with Crippen LogP contribution in [0.5, 0.6) is 0 Å². The van der Waals surface area contributed by atoms with Crippen molar-refractivity contribution in [3.05, 3.63) is 0 Å². The molecule has 1 unspecified atom stereocenters. The predicted octanol–water partition coefficient (Wildman–Crippen LogP) is -2.32. The largest absolute Gasteiger partial charge is 0.394 e. The van der Waals surface area contributed by atoms with Crippen molar-refractivity contribution in [3.8, 4) is 0 Å². The summed E-state index contributed by atoms with van der Waals surface area (Å²) in [4.78, 5) is 11.1. The van der Waals surface area contributed by atoms with E-state index in [4.69, 9.17) is 10.8 Å². The topological polar surface area (TPSA) is 113 Å². The lowest BCUT2D eigenvalue weighted by atomic mass is 9.82. The number of hydrogen-bond donors (Lipinski definition) is 4. The van der Waals surface area contributed by atoms with Crippen LogP contribution >= 0.6 is 0 Å². The molecule has 0 amide bonds. The molecule has 0 bridgehead atoms. The van der Waals surface area contributed by atoms with E-state index in [-0.39, 0.29) is 0 Å². The first-order valence-corrected chi connectivity index (χ1v) is 4.42. The molecule has 5 atom stereocenters. The SMILES string of the molecule is CC(=O)[C@]1(N)C(F)O[C@H](CO)[C@H](O)[C@@H]1O. The van der Waals surface area contributed by atoms with Gasteiger partial charge in [-0.15, -0.1) is 0 Å². The molecule has 1 aliphatic heterocycles. The van der Waals surface area contributed by atoms with Crippen LogP contribution in [0.25, 0.3) is 0 Å². The van der Waals surface area contributed by atoms with Gasteiger partial charge in [0, 0.05) is 0 Å². The predicted molar refractivity (Wildman–Crippen MR) is 46.5 cm³/mol. The Labute approximate surface area is 85.5 Å². The summed E-state index contributed by atoms with van der Waals surface area (Å²) in [5.41, 5.74) is 3.07. The molecule has 88 valence electrons. The van der Waals surface area contributed by atoms with E-state index in [0.29, 0.717) is 0 Å². The van der Waals surface area contributed by atoms with Gasteiger partial charge in [0.25, 0.3) is 0 Å². The summed E-state index contributed by atoms with van der Waals surface area (Å²) in [6.45, 7) is 0.317. The van der Waals surface area contributed by atoms with Crippen LogP contribution in [0.1, 0.15) is 6.92 Å². The fourth-order valence-electron chi connectivity index (χ4n) is 1.49. The van der Waals surface area contributed by atoms with Gasteiger partial charge in [-0.05, 0) is 6.92 Å². The Kier molecular flexibility index (Phi) is 3.41. The highest BCUT2D eigenvalue weighted by atomic mass is 19.1. The number of ether oxygens (including phenoxy) is 1. The van der Waals surface area contributed by atoms with Gasteiger partial charge in [0.05, 0.1) is 6.61 Å². The molecule has 0 aromatic carbocycles. The third-order valence-electron chi connectivity index (χ3n) is 2.65. The van der Waals surface area contributed by atoms with Crippen molar-refractivity contribution >= 4 is 5.78 Å². The second-order valence-corrected chi connectivity index (χ2v) is 3.60. The highest BCUT2D eigenvalue weighted by molar-refractivity contribution is 5.87. The van der Waals surface area contributed by atoms with E-state index < -0.39 is 42.6 Å². The summed E-state index contributed by atoms with van der Waals surface area (Å²) in [6.07, 6.45) is -6.96. The molecule has 1 saturated heterocycles. The molecule has 5 N–H and O–H groups in total. The average molecular weight is 223 g/mol. The molecule has 0 aliphatic carbocycles. The lowest BCUT2D eigenvalue weighted by Crippen LogP contribution is -2.72. The minimum atomic E-state index is -2.29. The number of alkyl halides is 1. The summed E-state index contributed by atoms with van der Waals surface area (Å²) in [5.74, 6) is -0.835. The minimum absolute atomic E-state index is 0.674. The Morgan fingerprint density at radius 1 is 1.60 bits per heavy atom. The van der Waals surface area contributed by atoms with Gasteiger partial charge in [-0.3, -0.25) is 4.79 Å². The fraction of sp³-hybridized carbons (Fsp3) is 0.875. The highest BCUT2D eigenvalue weighted by Gasteiger charge is 2.56. The summed E-state index contributed by atoms with van der Waals surface area (Å²) in [6, 6.07) is 0. The van der Waals surface area contributed by atoms with Gasteiger partial charge in [0.2, 0.25) is 6.36 Å². The number of rotatable bonds is 2. The molecular weight excluding hydrogens is 209 g/mol. The smallest absolute Gasteiger partial charge is 0.227 e. The third-order valence-corrected chi connectivity index (χ3v) is 2.65. The van der Waals surface area contributed by atoms with E-state index in [1.165, 1.54) is 0 Å². The molecule has 0 aromatic heterocycles. The van der Waals surface area contributed by atoms with Crippen LogP contribution < -0.4 is 5.73 Å². The molecule has 0 radical (unpaired) electrons. The first-order valence-electron chi connectivity index (χ1n) is 4.42. The number of nitrogens with two attached hydrogens (primary N) is 1. The Morgan fingerprint density at radius 2 is 2.13 bits per heavy atom. The lowest BCUT2D eigenvalue weighted by molar-refractivity contribution is -0.247. The molecule has 0 aromatic rings. The Morgan fingerprint density at radius 3 is 2.53 bits per heavy atom. The Hall–Kier alpha value is -0.600. The van der Waals surface area contributed by atoms with Crippen molar-refractivity contribution in [1.29, 1.82) is 0 Å². The lowest BCUT2D eigenvalue weighted by Gasteiger charge is -2.44. The number of ketones is 1. The van der Waals surface area contributed by atoms with Crippen molar-refractivity contribution in [1.82, 2.24) is 0 Å². The molecule has 0 saturated carbocycles. The Bertz CT molecular complexity index is 263. The van der Waals surface area contributed by atoms with Gasteiger partial charge in [-0.25, -0.2) is 4.39 Å². The van der Waals surface area contributed by atoms with Crippen LogP contribution in [0.4, 0.5) is 4.39 Å². The molecule has 6 nitrogen and oxygen atoms in total. The quantitative estimate of drug-likeness (QED) is 0.418. The Balaban J connectivity index is 2.98. The standard InChI is InChI=1S/C8H14FNO5/c1-3(12)8(10)6(14)5(13)4(2-11)15-7(8)9/h4-7,11,13-14H,2,10H2,1H3/t4-,5+,6+,7?,8-/m1/s1. The summed E-state index contributed by atoms with van der Waals surface area (Å²) in [5, 5.41) is 27.6. The van der Waals surface area contributed by atoms with Crippen molar-refractivity contribution in [2.45, 2.75) is 37.1 Å². The number of halogens is 1. The molecule has 1 fully saturated rings. The summed E-state index contributed by atoms with van der Waals surface area (Å²) in [7, 11) is 0. The zero-order chi connectivity index (χ0) is 11.8. The fourth-order valence-corrected chi connectivity index (χ4v) is 1.49. The van der Waals surface area contributed by atoms with Crippen LogP contribution in [0, 0.1) is 0 Å². The highest BCUT2D eigenvalue weighted by Crippen LogP contribution is 2.29. The summed E-state index contributed by atoms with van der Waals surface area (Å²) >= 11 is 0. The molecule has 7 heteroatoms. The maximum absolute atomic E-state index is 13.4. The van der Waals surface area contributed by atoms with E-state index in [0.717, 1.165) is 6.92 Å². The van der Waals surface area contributed by atoms with Gasteiger partial charge in [-0.1, -0.05) is 0 Å². The summed E-state index contributed by atoms with van der Waals surface area (Å²) < 4.78 is 17.9. The van der Waals surface area contributed by atoms with Crippen LogP contribution in [0.2, 0.25) is 0 Å². The van der Waals surface area contributed by atoms with Crippen LogP contribution in [0.15, 0.2) is 0 Å². The number of Topliss-reactive ketones (excluding diaryl/α,β-unsaturated/α-hetero) is 1. The maximum Gasteiger partial charge on any atom is 0.227 e. The zero-order valence-electron chi connectivity index (χ0n) is 8.13. The van der Waals surface area contributed by atoms with Gasteiger partial charge in [0.15, 0.2) is 11.3 Å². The van der Waals surface area contributed by atoms with E-state index in [9.17, 15) is 19.4 Å². The number of hydrogen-bond acceptors (Lipinski definition) is 6. The van der Waals surface area contributed by atoms with Crippen molar-refractivity contribution in [2.75, 3.05) is 6.61 Å². The van der Waals surface area contributed by atoms with Gasteiger partial charge in [0.1, 0.15) is 18.3 Å². The number of carbonyl (C=O) groups is 1. The van der Waals surface area contributed by atoms with E-state index in [1.807, 2.05) is 0 Å². The van der Waals surface area contributed by atoms with E-state index in [2.05, 4.69) is 4.74 Å². The zero-order valence-corrected chi connectivity index (χ0v) is 8.13. The van der Waals surface area contributed by atoms with Crippen molar-refractivity contribution in [2.24, 2.45) is 5.73 Å². The maximum atomic E-state index is 13.4. The van der Waals surface area contributed by atoms with Gasteiger partial charge in [-0.2, -0.15) is 0 Å². The van der Waals surface area contributed by atoms with Gasteiger partial charge >= 0.3 is 0 Å². The van der Waals surface area contributed by atoms with Crippen molar-refractivity contribution < 1.29 is 29.2 Å². The molecule has 0 spiro atoms. The molecule has 15 heavy (non-hydrogen) atoms. The first kappa shape index (κ1) is 12.5. The number of aliphatic hydroxyl groups excluding tert-OH is 3. The van der Waals surface area contributed by atoms with Crippen LogP contribution in [0.3, 0.4) is 0 Å². The van der Waals surface area contributed by atoms with Gasteiger partial charge < -0.3 is 25.8 Å². The second-order valence-electron chi connectivity index (χ2n) is 3.60. The normalized spacial score (nSPS) is 46.5. The monoisotopic (exact) mass is 223 g/mol. The van der Waals surface area contributed by atoms with E-state index in [1.54, 1.807) is 0 Å². The molecule has 1 heterocycles. The third kappa shape index (κ3) is 1.77. The van der Waals surface area contributed by atoms with Crippen LogP contribution in [-0.4, -0.2) is 57.9 Å². The van der Waals surface area contributed by atoms with Crippen molar-refractivity contribution in [3.63, 3.8) is 0 Å². The first-order chi connectivity index (χ1) is 6.85. The average Bonchev–Trinajstić information content (AvgIpc) is 2.20. The van der Waals surface area contributed by atoms with Crippen LogP contribution in [-0.2, 0) is 9.53 Å².